The van der Waals surface area contributed by atoms with Gasteiger partial charge in [-0.15, -0.1) is 0 Å². The molecule has 2 atom stereocenters. The molecule has 1 fully saturated rings. The molecule has 190 valence electrons. The summed E-state index contributed by atoms with van der Waals surface area (Å²) in [5.74, 6) is -0.276. The number of hydrogen-bond acceptors (Lipinski definition) is 6. The van der Waals surface area contributed by atoms with Crippen molar-refractivity contribution in [1.29, 1.82) is 0 Å². The fourth-order valence-corrected chi connectivity index (χ4v) is 7.29. The highest BCUT2D eigenvalue weighted by Gasteiger charge is 2.45. The summed E-state index contributed by atoms with van der Waals surface area (Å²) in [6, 6.07) is 19.1. The molecule has 2 unspecified atom stereocenters. The van der Waals surface area contributed by atoms with Crippen LogP contribution in [0.4, 0.5) is 0 Å². The highest BCUT2D eigenvalue weighted by molar-refractivity contribution is 7.99. The van der Waals surface area contributed by atoms with Gasteiger partial charge in [0, 0.05) is 24.6 Å². The smallest absolute Gasteiger partial charge is 0.323 e. The third kappa shape index (κ3) is 5.66. The molecular weight excluding hydrogens is 500 g/mol. The van der Waals surface area contributed by atoms with Crippen LogP contribution < -0.4 is 4.74 Å². The number of benzene rings is 3. The van der Waals surface area contributed by atoms with E-state index in [9.17, 15) is 18.0 Å². The minimum Gasteiger partial charge on any atom is -0.497 e. The van der Waals surface area contributed by atoms with Gasteiger partial charge in [-0.1, -0.05) is 42.5 Å². The Morgan fingerprint density at radius 2 is 1.78 bits per heavy atom. The van der Waals surface area contributed by atoms with Crippen molar-refractivity contribution >= 4 is 44.4 Å². The first-order valence-electron chi connectivity index (χ1n) is 11.4. The first-order chi connectivity index (χ1) is 17.2. The predicted octanol–water partition coefficient (Wildman–Crippen LogP) is 3.46. The summed E-state index contributed by atoms with van der Waals surface area (Å²) in [6.07, 6.45) is 0.302. The first kappa shape index (κ1) is 26.0. The molecule has 3 aromatic carbocycles. The van der Waals surface area contributed by atoms with Gasteiger partial charge in [0.25, 0.3) is 0 Å². The average Bonchev–Trinajstić information content (AvgIpc) is 3.31. The van der Waals surface area contributed by atoms with Crippen molar-refractivity contribution in [2.24, 2.45) is 0 Å². The van der Waals surface area contributed by atoms with Gasteiger partial charge in [-0.25, -0.2) is 8.42 Å². The number of carboxylic acids is 1. The van der Waals surface area contributed by atoms with E-state index in [-0.39, 0.29) is 16.7 Å². The fraction of sp³-hybridized carbons (Fsp3) is 0.308. The summed E-state index contributed by atoms with van der Waals surface area (Å²) in [6.45, 7) is -0.337. The van der Waals surface area contributed by atoms with Crippen LogP contribution in [-0.4, -0.2) is 73.1 Å². The second-order valence-electron chi connectivity index (χ2n) is 8.70. The first-order valence-corrected chi connectivity index (χ1v) is 13.9. The summed E-state index contributed by atoms with van der Waals surface area (Å²) in [5, 5.41) is 10.7. The molecule has 0 radical (unpaired) electrons. The van der Waals surface area contributed by atoms with E-state index >= 15 is 0 Å². The molecular formula is C26H28N2O6S2. The number of hydrogen-bond donors (Lipinski definition) is 1. The molecule has 0 aromatic heterocycles. The van der Waals surface area contributed by atoms with Gasteiger partial charge in [-0.2, -0.15) is 16.1 Å². The van der Waals surface area contributed by atoms with Crippen LogP contribution in [0.15, 0.2) is 71.6 Å². The van der Waals surface area contributed by atoms with E-state index in [4.69, 9.17) is 9.84 Å². The molecule has 0 saturated carbocycles. The van der Waals surface area contributed by atoms with Gasteiger partial charge in [0.15, 0.2) is 0 Å². The minimum atomic E-state index is -4.00. The Labute approximate surface area is 214 Å². The number of carbonyl (C=O) groups is 2. The van der Waals surface area contributed by atoms with E-state index in [0.29, 0.717) is 12.2 Å². The lowest BCUT2D eigenvalue weighted by atomic mass is 10.1. The van der Waals surface area contributed by atoms with Crippen LogP contribution in [0.2, 0.25) is 0 Å². The monoisotopic (exact) mass is 528 g/mol. The largest absolute Gasteiger partial charge is 0.497 e. The molecule has 3 aromatic rings. The summed E-state index contributed by atoms with van der Waals surface area (Å²) >= 11 is 1.58. The molecule has 8 nitrogen and oxygen atoms in total. The van der Waals surface area contributed by atoms with Crippen molar-refractivity contribution in [1.82, 2.24) is 9.21 Å². The zero-order chi connectivity index (χ0) is 25.9. The lowest BCUT2D eigenvalue weighted by Crippen LogP contribution is -2.47. The zero-order valence-corrected chi connectivity index (χ0v) is 21.7. The number of nitrogens with zero attached hydrogens (tertiary/aromatic N) is 2. The fourth-order valence-electron chi connectivity index (χ4n) is 4.31. The molecule has 0 aliphatic carbocycles. The quantitative estimate of drug-likeness (QED) is 0.454. The lowest BCUT2D eigenvalue weighted by molar-refractivity contribution is -0.144. The van der Waals surface area contributed by atoms with E-state index in [1.807, 2.05) is 48.5 Å². The van der Waals surface area contributed by atoms with Crippen molar-refractivity contribution < 1.29 is 27.9 Å². The Balaban J connectivity index is 1.59. The van der Waals surface area contributed by atoms with Gasteiger partial charge in [-0.3, -0.25) is 9.59 Å². The van der Waals surface area contributed by atoms with Gasteiger partial charge in [-0.05, 0) is 47.0 Å². The third-order valence-corrected chi connectivity index (χ3v) is 9.41. The van der Waals surface area contributed by atoms with Gasteiger partial charge in [0.2, 0.25) is 15.9 Å². The predicted molar refractivity (Wildman–Crippen MR) is 140 cm³/mol. The number of methoxy groups -OCH3 is 1. The molecule has 1 aliphatic rings. The van der Waals surface area contributed by atoms with Crippen molar-refractivity contribution in [3.8, 4) is 5.75 Å². The number of amides is 1. The lowest BCUT2D eigenvalue weighted by Gasteiger charge is -2.26. The SMILES string of the molecule is COc1ccc(CSC2CC(C(=O)N(C)CC(=O)O)N(S(=O)(=O)c3ccc4ccccc4c3)C2)cc1. The van der Waals surface area contributed by atoms with Crippen LogP contribution in [0.3, 0.4) is 0 Å². The standard InChI is InChI=1S/C26H28N2O6S2/c1-27(16-25(29)30)26(31)24-14-22(35-17-18-7-10-21(34-2)11-8-18)15-28(24)36(32,33)23-12-9-19-5-3-4-6-20(19)13-23/h3-13,22,24H,14-17H2,1-2H3,(H,29,30). The van der Waals surface area contributed by atoms with E-state index in [1.165, 1.54) is 11.4 Å². The number of thioether (sulfide) groups is 1. The molecule has 4 rings (SSSR count). The minimum absolute atomic E-state index is 0.112. The molecule has 0 bridgehead atoms. The van der Waals surface area contributed by atoms with E-state index in [0.717, 1.165) is 27.0 Å². The maximum absolute atomic E-state index is 13.7. The van der Waals surface area contributed by atoms with Crippen LogP contribution in [0.5, 0.6) is 5.75 Å². The van der Waals surface area contributed by atoms with Crippen LogP contribution in [0, 0.1) is 0 Å². The number of carboxylic acid groups (broad SMARTS) is 1. The topological polar surface area (TPSA) is 104 Å². The third-order valence-electron chi connectivity index (χ3n) is 6.22. The van der Waals surface area contributed by atoms with Crippen LogP contribution >= 0.6 is 11.8 Å². The van der Waals surface area contributed by atoms with Gasteiger partial charge in [0.1, 0.15) is 18.3 Å². The molecule has 10 heteroatoms. The van der Waals surface area contributed by atoms with E-state index < -0.39 is 34.5 Å². The Morgan fingerprint density at radius 3 is 2.44 bits per heavy atom. The summed E-state index contributed by atoms with van der Waals surface area (Å²) in [7, 11) is -1.02. The number of carbonyl (C=O) groups excluding carboxylic acids is 1. The normalized spacial score (nSPS) is 18.3. The molecule has 1 aliphatic heterocycles. The number of sulfonamides is 1. The van der Waals surface area contributed by atoms with Gasteiger partial charge >= 0.3 is 5.97 Å². The molecule has 1 N–H and O–H groups in total. The Kier molecular flexibility index (Phi) is 7.87. The van der Waals surface area contributed by atoms with Gasteiger partial charge in [0.05, 0.1) is 12.0 Å². The Morgan fingerprint density at radius 1 is 1.08 bits per heavy atom. The van der Waals surface area contributed by atoms with Crippen molar-refractivity contribution in [2.45, 2.75) is 28.4 Å². The van der Waals surface area contributed by atoms with Crippen molar-refractivity contribution in [3.63, 3.8) is 0 Å². The maximum atomic E-state index is 13.7. The maximum Gasteiger partial charge on any atom is 0.323 e. The van der Waals surface area contributed by atoms with Crippen LogP contribution in [-0.2, 0) is 25.4 Å². The average molecular weight is 529 g/mol. The molecule has 0 spiro atoms. The number of fused-ring (bicyclic) bond motifs is 1. The van der Waals surface area contributed by atoms with E-state index in [1.54, 1.807) is 37.1 Å². The van der Waals surface area contributed by atoms with E-state index in [2.05, 4.69) is 0 Å². The summed E-state index contributed by atoms with van der Waals surface area (Å²) < 4.78 is 33.9. The Hall–Kier alpha value is -3.08. The van der Waals surface area contributed by atoms with Crippen LogP contribution in [0.1, 0.15) is 12.0 Å². The number of ether oxygens (including phenoxy) is 1. The van der Waals surface area contributed by atoms with Crippen molar-refractivity contribution in [2.75, 3.05) is 27.2 Å². The summed E-state index contributed by atoms with van der Waals surface area (Å²) in [5.41, 5.74) is 1.06. The highest BCUT2D eigenvalue weighted by Crippen LogP contribution is 2.35. The molecule has 36 heavy (non-hydrogen) atoms. The van der Waals surface area contributed by atoms with Gasteiger partial charge < -0.3 is 14.7 Å². The highest BCUT2D eigenvalue weighted by atomic mass is 32.2. The zero-order valence-electron chi connectivity index (χ0n) is 20.0. The number of likely N-dealkylation sites (N-methyl/N-ethyl adjacent to an activating group) is 1. The number of rotatable bonds is 9. The molecule has 1 saturated heterocycles. The molecule has 1 heterocycles. The number of aliphatic carboxylic acids is 1. The second-order valence-corrected chi connectivity index (χ2v) is 11.9. The van der Waals surface area contributed by atoms with Crippen LogP contribution in [0.25, 0.3) is 10.8 Å². The summed E-state index contributed by atoms with van der Waals surface area (Å²) in [4.78, 5) is 25.6. The van der Waals surface area contributed by atoms with Crippen molar-refractivity contribution in [3.05, 3.63) is 72.3 Å². The molecule has 1 amide bonds. The Bertz CT molecular complexity index is 1360. The second kappa shape index (κ2) is 10.9.